The molecule has 1 aromatic rings. The first kappa shape index (κ1) is 17.6. The number of nitrogens with zero attached hydrogens (tertiary/aromatic N) is 2. The number of ether oxygens (including phenoxy) is 1. The van der Waals surface area contributed by atoms with Crippen LogP contribution in [0.3, 0.4) is 0 Å². The molecule has 0 radical (unpaired) electrons. The van der Waals surface area contributed by atoms with E-state index in [1.54, 1.807) is 20.8 Å². The van der Waals surface area contributed by atoms with E-state index in [1.165, 1.54) is 18.2 Å². The standard InChI is InChI=1S/C17H18N2O5/c1-17(2,3)24-16(21)14(15(20)10-7-8-10)13-11(9-18)5-4-6-12(13)19(22)23/h4-6,10,14H,7-8H2,1-3H3/t14-/m0/s1. The van der Waals surface area contributed by atoms with Crippen molar-refractivity contribution >= 4 is 17.4 Å². The molecule has 7 nitrogen and oxygen atoms in total. The summed E-state index contributed by atoms with van der Waals surface area (Å²) in [6.07, 6.45) is 1.28. The number of rotatable bonds is 5. The van der Waals surface area contributed by atoms with Crippen LogP contribution in [-0.2, 0) is 14.3 Å². The van der Waals surface area contributed by atoms with E-state index in [4.69, 9.17) is 4.74 Å². The molecule has 1 atom stereocenters. The Morgan fingerprint density at radius 2 is 2.00 bits per heavy atom. The first-order valence-corrected chi connectivity index (χ1v) is 7.59. The topological polar surface area (TPSA) is 110 Å². The monoisotopic (exact) mass is 330 g/mol. The van der Waals surface area contributed by atoms with E-state index in [2.05, 4.69) is 0 Å². The second-order valence-corrected chi connectivity index (χ2v) is 6.75. The van der Waals surface area contributed by atoms with Gasteiger partial charge >= 0.3 is 5.97 Å². The third kappa shape index (κ3) is 3.77. The fraction of sp³-hybridized carbons (Fsp3) is 0.471. The van der Waals surface area contributed by atoms with Crippen molar-refractivity contribution in [3.63, 3.8) is 0 Å². The summed E-state index contributed by atoms with van der Waals surface area (Å²) in [5.74, 6) is -3.04. The van der Waals surface area contributed by atoms with E-state index in [9.17, 15) is 25.0 Å². The number of Topliss-reactive ketones (excluding diaryl/α,β-unsaturated/α-hetero) is 1. The maximum absolute atomic E-state index is 12.6. The van der Waals surface area contributed by atoms with Crippen LogP contribution < -0.4 is 0 Å². The largest absolute Gasteiger partial charge is 0.459 e. The number of nitriles is 1. The highest BCUT2D eigenvalue weighted by atomic mass is 16.6. The number of hydrogen-bond acceptors (Lipinski definition) is 6. The van der Waals surface area contributed by atoms with Gasteiger partial charge in [0, 0.05) is 12.0 Å². The van der Waals surface area contributed by atoms with Crippen molar-refractivity contribution in [1.29, 1.82) is 5.26 Å². The van der Waals surface area contributed by atoms with Crippen LogP contribution in [0.2, 0.25) is 0 Å². The van der Waals surface area contributed by atoms with Gasteiger partial charge in [-0.05, 0) is 39.7 Å². The van der Waals surface area contributed by atoms with Crippen molar-refractivity contribution in [3.8, 4) is 6.07 Å². The Labute approximate surface area is 139 Å². The molecular weight excluding hydrogens is 312 g/mol. The predicted octanol–water partition coefficient (Wildman–Crippen LogP) is 2.87. The predicted molar refractivity (Wildman–Crippen MR) is 84.1 cm³/mol. The zero-order chi connectivity index (χ0) is 18.1. The van der Waals surface area contributed by atoms with Gasteiger partial charge < -0.3 is 4.74 Å². The Morgan fingerprint density at radius 3 is 2.46 bits per heavy atom. The molecular formula is C17H18N2O5. The lowest BCUT2D eigenvalue weighted by atomic mass is 9.87. The minimum Gasteiger partial charge on any atom is -0.459 e. The van der Waals surface area contributed by atoms with E-state index in [0.717, 1.165) is 0 Å². The summed E-state index contributed by atoms with van der Waals surface area (Å²) in [4.78, 5) is 35.9. The third-order valence-corrected chi connectivity index (χ3v) is 3.60. The van der Waals surface area contributed by atoms with Crippen LogP contribution >= 0.6 is 0 Å². The summed E-state index contributed by atoms with van der Waals surface area (Å²) in [7, 11) is 0. The summed E-state index contributed by atoms with van der Waals surface area (Å²) in [5.41, 5.74) is -1.50. The lowest BCUT2D eigenvalue weighted by molar-refractivity contribution is -0.385. The molecule has 1 aliphatic carbocycles. The van der Waals surface area contributed by atoms with Crippen molar-refractivity contribution in [2.75, 3.05) is 0 Å². The molecule has 1 aromatic carbocycles. The Hall–Kier alpha value is -2.75. The van der Waals surface area contributed by atoms with E-state index >= 15 is 0 Å². The SMILES string of the molecule is CC(C)(C)OC(=O)[C@H](C(=O)C1CC1)c1c(C#N)cccc1[N+](=O)[O-]. The Bertz CT molecular complexity index is 738. The maximum atomic E-state index is 12.6. The molecule has 1 saturated carbocycles. The maximum Gasteiger partial charge on any atom is 0.321 e. The minimum atomic E-state index is -1.45. The van der Waals surface area contributed by atoms with Crippen molar-refractivity contribution in [2.24, 2.45) is 5.92 Å². The summed E-state index contributed by atoms with van der Waals surface area (Å²) < 4.78 is 5.30. The number of carbonyl (C=O) groups is 2. The zero-order valence-corrected chi connectivity index (χ0v) is 13.7. The van der Waals surface area contributed by atoms with Crippen molar-refractivity contribution in [3.05, 3.63) is 39.4 Å². The van der Waals surface area contributed by atoms with Crippen LogP contribution in [0.4, 0.5) is 5.69 Å². The molecule has 0 bridgehead atoms. The second-order valence-electron chi connectivity index (χ2n) is 6.75. The number of ketones is 1. The van der Waals surface area contributed by atoms with Crippen LogP contribution in [-0.4, -0.2) is 22.3 Å². The fourth-order valence-corrected chi connectivity index (χ4v) is 2.45. The van der Waals surface area contributed by atoms with Gasteiger partial charge in [-0.2, -0.15) is 5.26 Å². The van der Waals surface area contributed by atoms with Gasteiger partial charge in [-0.15, -0.1) is 0 Å². The molecule has 7 heteroatoms. The van der Waals surface area contributed by atoms with Gasteiger partial charge in [0.05, 0.1) is 22.1 Å². The quantitative estimate of drug-likeness (QED) is 0.355. The molecule has 2 rings (SSSR count). The Kier molecular flexibility index (Phi) is 4.69. The van der Waals surface area contributed by atoms with Crippen LogP contribution in [0.25, 0.3) is 0 Å². The van der Waals surface area contributed by atoms with Crippen molar-refractivity contribution in [1.82, 2.24) is 0 Å². The highest BCUT2D eigenvalue weighted by Crippen LogP contribution is 2.40. The molecule has 1 aliphatic rings. The van der Waals surface area contributed by atoms with Crippen LogP contribution in [0, 0.1) is 27.4 Å². The van der Waals surface area contributed by atoms with Gasteiger partial charge in [-0.3, -0.25) is 19.7 Å². The van der Waals surface area contributed by atoms with Gasteiger partial charge in [-0.25, -0.2) is 0 Å². The molecule has 0 saturated heterocycles. The van der Waals surface area contributed by atoms with Crippen molar-refractivity contribution in [2.45, 2.75) is 45.1 Å². The molecule has 0 aromatic heterocycles. The van der Waals surface area contributed by atoms with Gasteiger partial charge in [0.15, 0.2) is 5.78 Å². The molecule has 0 N–H and O–H groups in total. The number of esters is 1. The van der Waals surface area contributed by atoms with E-state index < -0.39 is 33.9 Å². The summed E-state index contributed by atoms with van der Waals surface area (Å²) in [6, 6.07) is 5.74. The molecule has 0 amide bonds. The van der Waals surface area contributed by atoms with E-state index in [1.807, 2.05) is 6.07 Å². The van der Waals surface area contributed by atoms with E-state index in [0.29, 0.717) is 12.8 Å². The molecule has 0 spiro atoms. The smallest absolute Gasteiger partial charge is 0.321 e. The van der Waals surface area contributed by atoms with Crippen LogP contribution in [0.15, 0.2) is 18.2 Å². The first-order chi connectivity index (χ1) is 11.2. The lowest BCUT2D eigenvalue weighted by Crippen LogP contribution is -2.33. The van der Waals surface area contributed by atoms with Gasteiger partial charge in [0.1, 0.15) is 11.5 Å². The average Bonchev–Trinajstić information content (AvgIpc) is 3.29. The molecule has 0 unspecified atom stereocenters. The number of hydrogen-bond donors (Lipinski definition) is 0. The number of nitro groups is 1. The third-order valence-electron chi connectivity index (χ3n) is 3.60. The Balaban J connectivity index is 2.59. The Morgan fingerprint density at radius 1 is 1.38 bits per heavy atom. The number of benzene rings is 1. The fourth-order valence-electron chi connectivity index (χ4n) is 2.45. The second kappa shape index (κ2) is 6.40. The molecule has 24 heavy (non-hydrogen) atoms. The molecule has 126 valence electrons. The summed E-state index contributed by atoms with van der Waals surface area (Å²) >= 11 is 0. The van der Waals surface area contributed by atoms with E-state index in [-0.39, 0.29) is 17.0 Å². The average molecular weight is 330 g/mol. The van der Waals surface area contributed by atoms with Crippen LogP contribution in [0.1, 0.15) is 50.7 Å². The zero-order valence-electron chi connectivity index (χ0n) is 13.7. The number of nitro benzene ring substituents is 1. The highest BCUT2D eigenvalue weighted by molar-refractivity contribution is 6.07. The summed E-state index contributed by atoms with van der Waals surface area (Å²) in [6.45, 7) is 4.94. The number of carbonyl (C=O) groups excluding carboxylic acids is 2. The molecule has 0 heterocycles. The first-order valence-electron chi connectivity index (χ1n) is 7.59. The minimum absolute atomic E-state index is 0.0611. The van der Waals surface area contributed by atoms with Gasteiger partial charge in [-0.1, -0.05) is 6.07 Å². The normalized spacial score (nSPS) is 15.2. The highest BCUT2D eigenvalue weighted by Gasteiger charge is 2.44. The molecule has 1 fully saturated rings. The van der Waals surface area contributed by atoms with Gasteiger partial charge in [0.2, 0.25) is 0 Å². The molecule has 0 aliphatic heterocycles. The van der Waals surface area contributed by atoms with Crippen LogP contribution in [0.5, 0.6) is 0 Å². The van der Waals surface area contributed by atoms with Gasteiger partial charge in [0.25, 0.3) is 5.69 Å². The van der Waals surface area contributed by atoms with Crippen molar-refractivity contribution < 1.29 is 19.2 Å². The lowest BCUT2D eigenvalue weighted by Gasteiger charge is -2.24. The summed E-state index contributed by atoms with van der Waals surface area (Å²) in [5, 5.41) is 20.6.